The van der Waals surface area contributed by atoms with Gasteiger partial charge >= 0.3 is 5.97 Å². The van der Waals surface area contributed by atoms with Crippen LogP contribution < -0.4 is 21.3 Å². The van der Waals surface area contributed by atoms with Crippen LogP contribution in [0.1, 0.15) is 47.5 Å². The first-order valence-corrected chi connectivity index (χ1v) is 9.77. The average Bonchev–Trinajstić information content (AvgIpc) is 2.62. The number of rotatable bonds is 13. The Labute approximate surface area is 167 Å². The molecule has 0 aliphatic rings. The summed E-state index contributed by atoms with van der Waals surface area (Å²) in [6.07, 6.45) is 1.35. The number of methoxy groups -OCH3 is 1. The lowest BCUT2D eigenvalue weighted by Crippen LogP contribution is -2.53. The highest BCUT2D eigenvalue weighted by Crippen LogP contribution is 2.05. The zero-order chi connectivity index (χ0) is 21.7. The largest absolute Gasteiger partial charge is 0.467 e. The van der Waals surface area contributed by atoms with Gasteiger partial charge in [-0.1, -0.05) is 34.6 Å². The van der Waals surface area contributed by atoms with Crippen LogP contribution in [-0.2, 0) is 23.9 Å². The first-order valence-electron chi connectivity index (χ1n) is 9.77. The van der Waals surface area contributed by atoms with Crippen molar-refractivity contribution in [3.05, 3.63) is 0 Å². The monoisotopic (exact) mass is 400 g/mol. The van der Waals surface area contributed by atoms with Crippen molar-refractivity contribution in [3.63, 3.8) is 0 Å². The fourth-order valence-electron chi connectivity index (χ4n) is 2.47. The van der Waals surface area contributed by atoms with Crippen molar-refractivity contribution in [2.75, 3.05) is 26.7 Å². The highest BCUT2D eigenvalue weighted by atomic mass is 16.5. The summed E-state index contributed by atoms with van der Waals surface area (Å²) < 4.78 is 4.67. The summed E-state index contributed by atoms with van der Waals surface area (Å²) in [6.45, 7) is 9.99. The predicted octanol–water partition coefficient (Wildman–Crippen LogP) is -0.0531. The van der Waals surface area contributed by atoms with E-state index in [1.54, 1.807) is 13.8 Å². The molecule has 0 fully saturated rings. The molecular formula is C19H36N4O5. The zero-order valence-electron chi connectivity index (χ0n) is 17.9. The standard InChI is InChI=1S/C19H36N4O5/c1-7-8-20-10-15(24)22-14(9-12(2)3)18(26)21-11-16(25)23-17(13(4)5)19(27)28-6/h12-14,17,20H,7-11H2,1-6H3,(H,21,26)(H,22,24)(H,23,25). The Kier molecular flexibility index (Phi) is 12.9. The molecule has 0 aromatic rings. The van der Waals surface area contributed by atoms with Gasteiger partial charge in [-0.25, -0.2) is 4.79 Å². The molecule has 9 heteroatoms. The lowest BCUT2D eigenvalue weighted by atomic mass is 10.0. The number of nitrogens with one attached hydrogen (secondary N) is 4. The maximum Gasteiger partial charge on any atom is 0.328 e. The van der Waals surface area contributed by atoms with Crippen molar-refractivity contribution in [2.24, 2.45) is 11.8 Å². The number of ether oxygens (including phenoxy) is 1. The van der Waals surface area contributed by atoms with E-state index in [2.05, 4.69) is 26.0 Å². The second kappa shape index (κ2) is 13.9. The fourth-order valence-corrected chi connectivity index (χ4v) is 2.47. The van der Waals surface area contributed by atoms with Gasteiger partial charge in [0.25, 0.3) is 0 Å². The molecule has 0 saturated heterocycles. The van der Waals surface area contributed by atoms with Gasteiger partial charge < -0.3 is 26.0 Å². The molecule has 28 heavy (non-hydrogen) atoms. The minimum absolute atomic E-state index is 0.130. The number of esters is 1. The second-order valence-corrected chi connectivity index (χ2v) is 7.46. The van der Waals surface area contributed by atoms with Crippen LogP contribution in [0.2, 0.25) is 0 Å². The molecule has 0 aromatic carbocycles. The number of carbonyl (C=O) groups excluding carboxylic acids is 4. The van der Waals surface area contributed by atoms with Crippen molar-refractivity contribution in [1.82, 2.24) is 21.3 Å². The molecule has 2 unspecified atom stereocenters. The van der Waals surface area contributed by atoms with Crippen molar-refractivity contribution < 1.29 is 23.9 Å². The first-order chi connectivity index (χ1) is 13.1. The van der Waals surface area contributed by atoms with E-state index in [9.17, 15) is 19.2 Å². The van der Waals surface area contributed by atoms with Gasteiger partial charge in [-0.05, 0) is 31.2 Å². The maximum atomic E-state index is 12.4. The van der Waals surface area contributed by atoms with Gasteiger partial charge in [0, 0.05) is 0 Å². The maximum absolute atomic E-state index is 12.4. The number of carbonyl (C=O) groups is 4. The van der Waals surface area contributed by atoms with Crippen LogP contribution >= 0.6 is 0 Å². The molecule has 0 aliphatic heterocycles. The summed E-state index contributed by atoms with van der Waals surface area (Å²) in [5, 5.41) is 10.8. The molecule has 0 aliphatic carbocycles. The SMILES string of the molecule is CCCNCC(=O)NC(CC(C)C)C(=O)NCC(=O)NC(C(=O)OC)C(C)C. The topological polar surface area (TPSA) is 126 Å². The molecule has 0 rings (SSSR count). The van der Waals surface area contributed by atoms with Crippen molar-refractivity contribution >= 4 is 23.7 Å². The van der Waals surface area contributed by atoms with Crippen LogP contribution in [0, 0.1) is 11.8 Å². The van der Waals surface area contributed by atoms with Crippen LogP contribution in [0.15, 0.2) is 0 Å². The summed E-state index contributed by atoms with van der Waals surface area (Å²) in [5.41, 5.74) is 0. The molecule has 3 amide bonds. The van der Waals surface area contributed by atoms with E-state index in [4.69, 9.17) is 0 Å². The molecule has 2 atom stereocenters. The summed E-state index contributed by atoms with van der Waals surface area (Å²) in [7, 11) is 1.25. The van der Waals surface area contributed by atoms with Crippen LogP contribution in [0.3, 0.4) is 0 Å². The third-order valence-electron chi connectivity index (χ3n) is 3.93. The molecular weight excluding hydrogens is 364 g/mol. The van der Waals surface area contributed by atoms with Crippen LogP contribution in [0.5, 0.6) is 0 Å². The Hall–Kier alpha value is -2.16. The minimum Gasteiger partial charge on any atom is -0.467 e. The lowest BCUT2D eigenvalue weighted by Gasteiger charge is -2.22. The molecule has 0 spiro atoms. The smallest absolute Gasteiger partial charge is 0.328 e. The molecule has 0 radical (unpaired) electrons. The minimum atomic E-state index is -0.787. The third-order valence-corrected chi connectivity index (χ3v) is 3.93. The van der Waals surface area contributed by atoms with E-state index in [1.165, 1.54) is 7.11 Å². The number of hydrogen-bond donors (Lipinski definition) is 4. The Morgan fingerprint density at radius 2 is 1.54 bits per heavy atom. The Balaban J connectivity index is 4.69. The van der Waals surface area contributed by atoms with E-state index < -0.39 is 29.9 Å². The molecule has 0 saturated carbocycles. The third kappa shape index (κ3) is 10.9. The Morgan fingerprint density at radius 1 is 0.929 bits per heavy atom. The number of hydrogen-bond acceptors (Lipinski definition) is 6. The summed E-state index contributed by atoms with van der Waals surface area (Å²) in [6, 6.07) is -1.52. The van der Waals surface area contributed by atoms with Gasteiger partial charge in [-0.3, -0.25) is 14.4 Å². The van der Waals surface area contributed by atoms with Crippen LogP contribution in [0.25, 0.3) is 0 Å². The highest BCUT2D eigenvalue weighted by Gasteiger charge is 2.26. The average molecular weight is 401 g/mol. The van der Waals surface area contributed by atoms with E-state index in [0.29, 0.717) is 13.0 Å². The normalized spacial score (nSPS) is 13.0. The van der Waals surface area contributed by atoms with E-state index in [0.717, 1.165) is 6.42 Å². The molecule has 4 N–H and O–H groups in total. The molecule has 162 valence electrons. The van der Waals surface area contributed by atoms with Gasteiger partial charge in [0.2, 0.25) is 17.7 Å². The van der Waals surface area contributed by atoms with Crippen molar-refractivity contribution in [3.8, 4) is 0 Å². The van der Waals surface area contributed by atoms with E-state index in [-0.39, 0.29) is 30.8 Å². The molecule has 9 nitrogen and oxygen atoms in total. The molecule has 0 aromatic heterocycles. The zero-order valence-corrected chi connectivity index (χ0v) is 17.9. The van der Waals surface area contributed by atoms with Crippen molar-refractivity contribution in [2.45, 2.75) is 59.5 Å². The van der Waals surface area contributed by atoms with Crippen LogP contribution in [0.4, 0.5) is 0 Å². The van der Waals surface area contributed by atoms with Crippen molar-refractivity contribution in [1.29, 1.82) is 0 Å². The quantitative estimate of drug-likeness (QED) is 0.254. The van der Waals surface area contributed by atoms with Gasteiger partial charge in [0.15, 0.2) is 0 Å². The van der Waals surface area contributed by atoms with E-state index in [1.807, 2.05) is 20.8 Å². The lowest BCUT2D eigenvalue weighted by molar-refractivity contribution is -0.146. The van der Waals surface area contributed by atoms with Crippen LogP contribution in [-0.4, -0.2) is 62.5 Å². The summed E-state index contributed by atoms with van der Waals surface area (Å²) in [4.78, 5) is 48.2. The highest BCUT2D eigenvalue weighted by molar-refractivity contribution is 5.92. The summed E-state index contributed by atoms with van der Waals surface area (Å²) in [5.74, 6) is -1.74. The predicted molar refractivity (Wildman–Crippen MR) is 106 cm³/mol. The Bertz CT molecular complexity index is 522. The van der Waals surface area contributed by atoms with Gasteiger partial charge in [-0.15, -0.1) is 0 Å². The Morgan fingerprint density at radius 3 is 2.04 bits per heavy atom. The molecule has 0 heterocycles. The second-order valence-electron chi connectivity index (χ2n) is 7.46. The summed E-state index contributed by atoms with van der Waals surface area (Å²) >= 11 is 0. The van der Waals surface area contributed by atoms with E-state index >= 15 is 0 Å². The molecule has 0 bridgehead atoms. The van der Waals surface area contributed by atoms with Gasteiger partial charge in [-0.2, -0.15) is 0 Å². The first kappa shape index (κ1) is 25.8. The fraction of sp³-hybridized carbons (Fsp3) is 0.789. The number of amides is 3. The van der Waals surface area contributed by atoms with Gasteiger partial charge in [0.1, 0.15) is 12.1 Å². The van der Waals surface area contributed by atoms with Gasteiger partial charge in [0.05, 0.1) is 20.2 Å².